The summed E-state index contributed by atoms with van der Waals surface area (Å²) in [5.74, 6) is 0. The molecule has 1 heterocycles. The highest BCUT2D eigenvalue weighted by molar-refractivity contribution is 6.02. The number of aromatic amines is 1. The number of methoxy groups -OCH3 is 1. The molecule has 9 heteroatoms. The van der Waals surface area contributed by atoms with Crippen LogP contribution < -0.4 is 11.0 Å². The van der Waals surface area contributed by atoms with Gasteiger partial charge in [-0.2, -0.15) is 18.3 Å². The molecule has 1 aromatic heterocycles. The van der Waals surface area contributed by atoms with Gasteiger partial charge in [0.25, 0.3) is 0 Å². The molecule has 0 aliphatic rings. The zero-order chi connectivity index (χ0) is 18.4. The predicted octanol–water partition coefficient (Wildman–Crippen LogP) is 2.16. The molecule has 132 valence electrons. The largest absolute Gasteiger partial charge is 0.417 e. The lowest BCUT2D eigenvalue weighted by atomic mass is 9.96. The van der Waals surface area contributed by atoms with Crippen LogP contribution in [0.3, 0.4) is 0 Å². The van der Waals surface area contributed by atoms with E-state index in [0.717, 1.165) is 12.1 Å². The van der Waals surface area contributed by atoms with Gasteiger partial charge in [0.1, 0.15) is 0 Å². The minimum atomic E-state index is -4.63. The third-order valence-corrected chi connectivity index (χ3v) is 3.29. The zero-order valence-corrected chi connectivity index (χ0v) is 13.1. The molecule has 0 aliphatic carbocycles. The quantitative estimate of drug-likeness (QED) is 0.474. The molecule has 2 rings (SSSR count). The third-order valence-electron chi connectivity index (χ3n) is 3.29. The van der Waals surface area contributed by atoms with Crippen molar-refractivity contribution in [2.45, 2.75) is 6.18 Å². The molecule has 0 radical (unpaired) electrons. The van der Waals surface area contributed by atoms with Gasteiger partial charge in [0.15, 0.2) is 0 Å². The van der Waals surface area contributed by atoms with Crippen LogP contribution in [0, 0.1) is 0 Å². The van der Waals surface area contributed by atoms with Crippen molar-refractivity contribution in [3.05, 3.63) is 58.0 Å². The number of H-pyrrole nitrogens is 1. The van der Waals surface area contributed by atoms with Gasteiger partial charge in [-0.15, -0.1) is 0 Å². The number of carbonyl (C=O) groups is 1. The average Bonchev–Trinajstić information content (AvgIpc) is 2.58. The molecule has 2 aromatic rings. The number of nitrogens with one attached hydrogen (secondary N) is 2. The fourth-order valence-electron chi connectivity index (χ4n) is 2.21. The first-order chi connectivity index (χ1) is 11.9. The van der Waals surface area contributed by atoms with Gasteiger partial charge in [0.2, 0.25) is 12.0 Å². The number of nitrogens with zero attached hydrogens (tertiary/aromatic N) is 1. The van der Waals surface area contributed by atoms with E-state index in [-0.39, 0.29) is 29.0 Å². The molecule has 2 N–H and O–H groups in total. The van der Waals surface area contributed by atoms with E-state index in [0.29, 0.717) is 6.41 Å². The van der Waals surface area contributed by atoms with Gasteiger partial charge in [-0.05, 0) is 23.3 Å². The maximum absolute atomic E-state index is 13.5. The fourth-order valence-corrected chi connectivity index (χ4v) is 2.21. The maximum atomic E-state index is 13.5. The Kier molecular flexibility index (Phi) is 5.71. The van der Waals surface area contributed by atoms with Crippen LogP contribution >= 0.6 is 0 Å². The fraction of sp³-hybridized carbons (Fsp3) is 0.188. The zero-order valence-electron chi connectivity index (χ0n) is 13.1. The molecule has 0 spiro atoms. The average molecular weight is 353 g/mol. The molecule has 0 fully saturated rings. The highest BCUT2D eigenvalue weighted by Crippen LogP contribution is 2.37. The van der Waals surface area contributed by atoms with Gasteiger partial charge < -0.3 is 9.72 Å². The molecule has 0 atom stereocenters. The molecular weight excluding hydrogens is 339 g/mol. The summed E-state index contributed by atoms with van der Waals surface area (Å²) in [4.78, 5) is 23.8. The number of benzene rings is 1. The van der Waals surface area contributed by atoms with Crippen LogP contribution in [0.25, 0.3) is 11.1 Å². The number of ether oxygens (including phenoxy) is 1. The highest BCUT2D eigenvalue weighted by atomic mass is 19.4. The highest BCUT2D eigenvalue weighted by Gasteiger charge is 2.34. The molecule has 0 saturated heterocycles. The molecule has 1 amide bonds. The lowest BCUT2D eigenvalue weighted by Gasteiger charge is -2.15. The van der Waals surface area contributed by atoms with E-state index >= 15 is 0 Å². The number of halogens is 3. The maximum Gasteiger partial charge on any atom is 0.417 e. The van der Waals surface area contributed by atoms with E-state index < -0.39 is 17.3 Å². The van der Waals surface area contributed by atoms with Gasteiger partial charge in [-0.1, -0.05) is 12.1 Å². The molecule has 0 saturated carbocycles. The third kappa shape index (κ3) is 4.54. The Hall–Kier alpha value is -2.94. The predicted molar refractivity (Wildman–Crippen MR) is 85.1 cm³/mol. The van der Waals surface area contributed by atoms with Crippen LogP contribution in [-0.2, 0) is 15.7 Å². The molecule has 0 aliphatic heterocycles. The smallest absolute Gasteiger partial charge is 0.378 e. The Labute approximate surface area is 140 Å². The van der Waals surface area contributed by atoms with Crippen molar-refractivity contribution in [3.63, 3.8) is 0 Å². The number of aromatic nitrogens is 1. The van der Waals surface area contributed by atoms with Crippen molar-refractivity contribution in [1.29, 1.82) is 0 Å². The van der Waals surface area contributed by atoms with Gasteiger partial charge in [-0.25, -0.2) is 5.43 Å². The van der Waals surface area contributed by atoms with E-state index in [1.54, 1.807) is 0 Å². The van der Waals surface area contributed by atoms with Crippen molar-refractivity contribution < 1.29 is 22.7 Å². The van der Waals surface area contributed by atoms with Crippen LogP contribution in [0.1, 0.15) is 11.1 Å². The number of pyridine rings is 1. The number of hydrogen-bond acceptors (Lipinski definition) is 4. The van der Waals surface area contributed by atoms with Crippen LogP contribution in [0.4, 0.5) is 13.2 Å². The SMILES string of the molecule is COC/C(=N\NC=O)c1ccc(-c2ccc(=O)[nH]c2)c(C(F)(F)F)c1. The molecule has 25 heavy (non-hydrogen) atoms. The number of rotatable bonds is 6. The molecule has 1 aromatic carbocycles. The molecular formula is C16H14F3N3O3. The number of amides is 1. The van der Waals surface area contributed by atoms with E-state index in [9.17, 15) is 22.8 Å². The van der Waals surface area contributed by atoms with Gasteiger partial charge in [-0.3, -0.25) is 9.59 Å². The van der Waals surface area contributed by atoms with Crippen molar-refractivity contribution >= 4 is 12.1 Å². The Balaban J connectivity index is 2.59. The Morgan fingerprint density at radius 1 is 1.32 bits per heavy atom. The summed E-state index contributed by atoms with van der Waals surface area (Å²) in [6.07, 6.45) is -3.11. The first-order valence-corrected chi connectivity index (χ1v) is 7.02. The lowest BCUT2D eigenvalue weighted by Crippen LogP contribution is -2.16. The minimum absolute atomic E-state index is 0.0872. The van der Waals surface area contributed by atoms with Crippen molar-refractivity contribution in [3.8, 4) is 11.1 Å². The van der Waals surface area contributed by atoms with E-state index in [2.05, 4.69) is 10.1 Å². The van der Waals surface area contributed by atoms with Gasteiger partial charge in [0.05, 0.1) is 17.9 Å². The summed E-state index contributed by atoms with van der Waals surface area (Å²) in [7, 11) is 1.36. The van der Waals surface area contributed by atoms with E-state index in [4.69, 9.17) is 4.74 Å². The van der Waals surface area contributed by atoms with Crippen LogP contribution in [-0.4, -0.2) is 30.8 Å². The standard InChI is InChI=1S/C16H14F3N3O3/c1-25-8-14(22-21-9-23)10-2-4-12(13(6-10)16(17,18)19)11-3-5-15(24)20-7-11/h2-7,9H,8H2,1H3,(H,20,24)(H,21,23)/b22-14+. The first kappa shape index (κ1) is 18.4. The molecule has 6 nitrogen and oxygen atoms in total. The summed E-state index contributed by atoms with van der Waals surface area (Å²) >= 11 is 0. The summed E-state index contributed by atoms with van der Waals surface area (Å²) in [6, 6.07) is 6.08. The Morgan fingerprint density at radius 3 is 2.64 bits per heavy atom. The van der Waals surface area contributed by atoms with Crippen molar-refractivity contribution in [1.82, 2.24) is 10.4 Å². The second-order valence-electron chi connectivity index (χ2n) is 4.94. The Morgan fingerprint density at radius 2 is 2.08 bits per heavy atom. The number of hydrogen-bond donors (Lipinski definition) is 2. The minimum Gasteiger partial charge on any atom is -0.378 e. The molecule has 0 bridgehead atoms. The van der Waals surface area contributed by atoms with Crippen LogP contribution in [0.15, 0.2) is 46.4 Å². The summed E-state index contributed by atoms with van der Waals surface area (Å²) in [6.45, 7) is -0.0872. The summed E-state index contributed by atoms with van der Waals surface area (Å²) in [5, 5.41) is 3.70. The summed E-state index contributed by atoms with van der Waals surface area (Å²) in [5.41, 5.74) is 1.15. The summed E-state index contributed by atoms with van der Waals surface area (Å²) < 4.78 is 45.3. The van der Waals surface area contributed by atoms with Gasteiger partial charge >= 0.3 is 6.18 Å². The monoisotopic (exact) mass is 353 g/mol. The van der Waals surface area contributed by atoms with E-state index in [1.165, 1.54) is 31.5 Å². The second kappa shape index (κ2) is 7.75. The van der Waals surface area contributed by atoms with Crippen LogP contribution in [0.2, 0.25) is 0 Å². The molecule has 0 unspecified atom stereocenters. The second-order valence-corrected chi connectivity index (χ2v) is 4.94. The van der Waals surface area contributed by atoms with E-state index in [1.807, 2.05) is 5.43 Å². The number of hydrazone groups is 1. The van der Waals surface area contributed by atoms with Gasteiger partial charge in [0, 0.05) is 24.9 Å². The van der Waals surface area contributed by atoms with Crippen LogP contribution in [0.5, 0.6) is 0 Å². The lowest BCUT2D eigenvalue weighted by molar-refractivity contribution is -0.137. The van der Waals surface area contributed by atoms with Crippen molar-refractivity contribution in [2.75, 3.05) is 13.7 Å². The number of carbonyl (C=O) groups excluding carboxylic acids is 1. The van der Waals surface area contributed by atoms with Crippen molar-refractivity contribution in [2.24, 2.45) is 5.10 Å². The first-order valence-electron chi connectivity index (χ1n) is 7.02. The number of alkyl halides is 3. The topological polar surface area (TPSA) is 83.5 Å². The Bertz CT molecular complexity index is 824. The normalized spacial score (nSPS) is 12.1.